The minimum Gasteiger partial charge on any atom is -0.365 e. The van der Waals surface area contributed by atoms with Crippen LogP contribution in [0, 0.1) is 5.82 Å². The van der Waals surface area contributed by atoms with Crippen LogP contribution >= 0.6 is 11.3 Å². The predicted molar refractivity (Wildman–Crippen MR) is 78.8 cm³/mol. The molecule has 0 radical (unpaired) electrons. The molecule has 5 nitrogen and oxygen atoms in total. The Morgan fingerprint density at radius 2 is 2.00 bits per heavy atom. The number of thiophene rings is 1. The molecule has 0 unspecified atom stereocenters. The summed E-state index contributed by atoms with van der Waals surface area (Å²) in [5.41, 5.74) is 13.4. The Hall–Kier alpha value is -2.41. The lowest BCUT2D eigenvalue weighted by Gasteiger charge is -2.16. The highest BCUT2D eigenvalue weighted by atomic mass is 32.1. The highest BCUT2D eigenvalue weighted by Crippen LogP contribution is 2.45. The summed E-state index contributed by atoms with van der Waals surface area (Å²) in [6.45, 7) is 0. The van der Waals surface area contributed by atoms with E-state index in [-0.39, 0.29) is 5.82 Å². The molecule has 0 bridgehead atoms. The molecule has 0 saturated heterocycles. The molecule has 1 heterocycles. The Kier molecular flexibility index (Phi) is 3.13. The van der Waals surface area contributed by atoms with Crippen LogP contribution in [0.3, 0.4) is 0 Å². The molecule has 0 aliphatic heterocycles. The monoisotopic (exact) mass is 305 g/mol. The number of primary amides is 2. The zero-order chi connectivity index (χ0) is 15.1. The first-order valence-corrected chi connectivity index (χ1v) is 7.09. The summed E-state index contributed by atoms with van der Waals surface area (Å²) >= 11 is 1.23. The zero-order valence-electron chi connectivity index (χ0n) is 10.9. The second-order valence-electron chi connectivity index (χ2n) is 4.77. The van der Waals surface area contributed by atoms with Gasteiger partial charge in [-0.3, -0.25) is 10.1 Å². The number of hydrogen-bond acceptors (Lipinski definition) is 3. The Balaban J connectivity index is 2.21. The van der Waals surface area contributed by atoms with E-state index in [9.17, 15) is 14.0 Å². The number of amides is 3. The van der Waals surface area contributed by atoms with Crippen LogP contribution in [0.1, 0.15) is 21.5 Å². The Bertz CT molecular complexity index is 770. The minimum atomic E-state index is -0.754. The van der Waals surface area contributed by atoms with Crippen LogP contribution in [0.4, 0.5) is 14.2 Å². The molecular formula is C14H12FN3O2S. The maximum absolute atomic E-state index is 13.3. The molecule has 3 rings (SSSR count). The summed E-state index contributed by atoms with van der Waals surface area (Å²) in [6, 6.07) is 3.79. The van der Waals surface area contributed by atoms with Crippen LogP contribution in [0.15, 0.2) is 18.2 Å². The standard InChI is InChI=1S/C14H12FN3O2S/c15-7-2-4-8-6(5-7)1-3-9-10(12(16)19)13(18-14(17)20)21-11(8)9/h2,4-5H,1,3H2,(H2,16,19)(H3,17,18,20). The first kappa shape index (κ1) is 13.6. The van der Waals surface area contributed by atoms with Gasteiger partial charge in [0, 0.05) is 4.88 Å². The van der Waals surface area contributed by atoms with E-state index in [0.717, 1.165) is 21.6 Å². The van der Waals surface area contributed by atoms with Crippen molar-refractivity contribution in [2.45, 2.75) is 12.8 Å². The van der Waals surface area contributed by atoms with Crippen LogP contribution in [0.5, 0.6) is 0 Å². The van der Waals surface area contributed by atoms with Crippen LogP contribution in [-0.4, -0.2) is 11.9 Å². The topological polar surface area (TPSA) is 98.2 Å². The van der Waals surface area contributed by atoms with E-state index < -0.39 is 11.9 Å². The van der Waals surface area contributed by atoms with Crippen LogP contribution in [-0.2, 0) is 12.8 Å². The van der Waals surface area contributed by atoms with Gasteiger partial charge in [-0.15, -0.1) is 11.3 Å². The third kappa shape index (κ3) is 2.25. The fourth-order valence-corrected chi connectivity index (χ4v) is 3.95. The molecule has 3 amide bonds. The molecule has 0 atom stereocenters. The van der Waals surface area contributed by atoms with Gasteiger partial charge in [0.1, 0.15) is 10.8 Å². The van der Waals surface area contributed by atoms with E-state index in [1.54, 1.807) is 6.07 Å². The number of carbonyl (C=O) groups excluding carboxylic acids is 2. The number of anilines is 1. The molecule has 1 aromatic carbocycles. The number of carbonyl (C=O) groups is 2. The highest BCUT2D eigenvalue weighted by molar-refractivity contribution is 7.20. The first-order valence-electron chi connectivity index (χ1n) is 6.28. The van der Waals surface area contributed by atoms with Crippen molar-refractivity contribution in [3.63, 3.8) is 0 Å². The summed E-state index contributed by atoms with van der Waals surface area (Å²) in [6.07, 6.45) is 1.19. The van der Waals surface area contributed by atoms with Crippen molar-refractivity contribution in [1.29, 1.82) is 0 Å². The van der Waals surface area contributed by atoms with E-state index >= 15 is 0 Å². The number of hydrogen-bond donors (Lipinski definition) is 3. The summed E-state index contributed by atoms with van der Waals surface area (Å²) in [7, 11) is 0. The van der Waals surface area contributed by atoms with Crippen molar-refractivity contribution in [2.24, 2.45) is 11.5 Å². The van der Waals surface area contributed by atoms with Gasteiger partial charge in [0.15, 0.2) is 0 Å². The fourth-order valence-electron chi connectivity index (χ4n) is 2.63. The molecule has 1 aliphatic carbocycles. The quantitative estimate of drug-likeness (QED) is 0.793. The molecule has 5 N–H and O–H groups in total. The second kappa shape index (κ2) is 4.85. The largest absolute Gasteiger partial charge is 0.365 e. The highest BCUT2D eigenvalue weighted by Gasteiger charge is 2.27. The molecular weight excluding hydrogens is 293 g/mol. The Labute approximate surface area is 123 Å². The van der Waals surface area contributed by atoms with Crippen molar-refractivity contribution in [2.75, 3.05) is 5.32 Å². The molecule has 2 aromatic rings. The van der Waals surface area contributed by atoms with Crippen molar-refractivity contribution in [3.8, 4) is 10.4 Å². The third-order valence-electron chi connectivity index (χ3n) is 3.45. The predicted octanol–water partition coefficient (Wildman–Crippen LogP) is 2.24. The van der Waals surface area contributed by atoms with E-state index in [1.807, 2.05) is 0 Å². The fraction of sp³-hybridized carbons (Fsp3) is 0.143. The van der Waals surface area contributed by atoms with Gasteiger partial charge in [-0.1, -0.05) is 6.07 Å². The summed E-state index contributed by atoms with van der Waals surface area (Å²) in [5.74, 6) is -0.902. The van der Waals surface area contributed by atoms with Crippen molar-refractivity contribution >= 4 is 28.3 Å². The van der Waals surface area contributed by atoms with Crippen molar-refractivity contribution < 1.29 is 14.0 Å². The molecule has 108 valence electrons. The number of aryl methyl sites for hydroxylation is 1. The lowest BCUT2D eigenvalue weighted by atomic mass is 9.89. The molecule has 0 fully saturated rings. The Morgan fingerprint density at radius 1 is 1.24 bits per heavy atom. The molecule has 1 aromatic heterocycles. The van der Waals surface area contributed by atoms with Gasteiger partial charge < -0.3 is 11.5 Å². The van der Waals surface area contributed by atoms with Gasteiger partial charge >= 0.3 is 6.03 Å². The summed E-state index contributed by atoms with van der Waals surface area (Å²) in [4.78, 5) is 23.6. The number of urea groups is 1. The SMILES string of the molecule is NC(=O)Nc1sc2c(c1C(N)=O)CCc1cc(F)ccc1-2. The van der Waals surface area contributed by atoms with E-state index in [0.29, 0.717) is 23.4 Å². The van der Waals surface area contributed by atoms with Crippen molar-refractivity contribution in [3.05, 3.63) is 40.7 Å². The smallest absolute Gasteiger partial charge is 0.317 e. The van der Waals surface area contributed by atoms with Crippen molar-refractivity contribution in [1.82, 2.24) is 0 Å². The maximum atomic E-state index is 13.3. The van der Waals surface area contributed by atoms with Crippen LogP contribution < -0.4 is 16.8 Å². The van der Waals surface area contributed by atoms with Crippen LogP contribution in [0.25, 0.3) is 10.4 Å². The molecule has 7 heteroatoms. The normalized spacial score (nSPS) is 12.4. The number of halogens is 1. The number of benzene rings is 1. The van der Waals surface area contributed by atoms with Gasteiger partial charge in [-0.05, 0) is 41.7 Å². The lowest BCUT2D eigenvalue weighted by Crippen LogP contribution is -2.22. The zero-order valence-corrected chi connectivity index (χ0v) is 11.7. The maximum Gasteiger partial charge on any atom is 0.317 e. The Morgan fingerprint density at radius 3 is 2.67 bits per heavy atom. The summed E-state index contributed by atoms with van der Waals surface area (Å²) < 4.78 is 13.3. The number of nitrogens with one attached hydrogen (secondary N) is 1. The van der Waals surface area contributed by atoms with Gasteiger partial charge in [0.25, 0.3) is 5.91 Å². The molecule has 21 heavy (non-hydrogen) atoms. The van der Waals surface area contributed by atoms with Gasteiger partial charge in [-0.25, -0.2) is 9.18 Å². The van der Waals surface area contributed by atoms with E-state index in [2.05, 4.69) is 5.32 Å². The molecule has 0 saturated carbocycles. The van der Waals surface area contributed by atoms with E-state index in [4.69, 9.17) is 11.5 Å². The van der Waals surface area contributed by atoms with Crippen LogP contribution in [0.2, 0.25) is 0 Å². The third-order valence-corrected chi connectivity index (χ3v) is 4.63. The second-order valence-corrected chi connectivity index (χ2v) is 5.79. The van der Waals surface area contributed by atoms with Gasteiger partial charge in [-0.2, -0.15) is 0 Å². The number of fused-ring (bicyclic) bond motifs is 3. The lowest BCUT2D eigenvalue weighted by molar-refractivity contribution is 0.100. The minimum absolute atomic E-state index is 0.292. The average Bonchev–Trinajstić information content (AvgIpc) is 2.75. The molecule has 0 spiro atoms. The molecule has 1 aliphatic rings. The van der Waals surface area contributed by atoms with Gasteiger partial charge in [0.05, 0.1) is 5.56 Å². The number of nitrogens with two attached hydrogens (primary N) is 2. The van der Waals surface area contributed by atoms with E-state index in [1.165, 1.54) is 23.5 Å². The average molecular weight is 305 g/mol. The first-order chi connectivity index (χ1) is 9.97. The number of rotatable bonds is 2. The summed E-state index contributed by atoms with van der Waals surface area (Å²) in [5, 5.41) is 2.78. The van der Waals surface area contributed by atoms with Gasteiger partial charge in [0.2, 0.25) is 0 Å².